The van der Waals surface area contributed by atoms with Crippen LogP contribution in [0.1, 0.15) is 13.8 Å². The summed E-state index contributed by atoms with van der Waals surface area (Å²) >= 11 is 0. The summed E-state index contributed by atoms with van der Waals surface area (Å²) in [4.78, 5) is 14.8. The quantitative estimate of drug-likeness (QED) is 0.640. The summed E-state index contributed by atoms with van der Waals surface area (Å²) < 4.78 is 0. The van der Waals surface area contributed by atoms with E-state index in [2.05, 4.69) is 13.8 Å². The highest BCUT2D eigenvalue weighted by Crippen LogP contribution is 2.26. The number of urea groups is 1. The Hall–Kier alpha value is -0.770. The molecule has 0 saturated carbocycles. The maximum atomic E-state index is 11.4. The average Bonchev–Trinajstić information content (AvgIpc) is 1.96. The monoisotopic (exact) mass is 185 g/mol. The number of hydrogen-bond acceptors (Lipinski definition) is 2. The summed E-state index contributed by atoms with van der Waals surface area (Å²) in [6.07, 6.45) is 0. The summed E-state index contributed by atoms with van der Waals surface area (Å²) in [5.41, 5.74) is 5.90. The molecule has 4 nitrogen and oxygen atoms in total. The number of amides is 2. The van der Waals surface area contributed by atoms with Crippen molar-refractivity contribution in [1.29, 1.82) is 0 Å². The van der Waals surface area contributed by atoms with Gasteiger partial charge in [-0.3, -0.25) is 0 Å². The fourth-order valence-corrected chi connectivity index (χ4v) is 1.45. The molecule has 4 heteroatoms. The zero-order valence-corrected chi connectivity index (χ0v) is 8.87. The highest BCUT2D eigenvalue weighted by Gasteiger charge is 2.44. The van der Waals surface area contributed by atoms with E-state index in [0.29, 0.717) is 19.0 Å². The van der Waals surface area contributed by atoms with Crippen LogP contribution in [0.5, 0.6) is 0 Å². The Morgan fingerprint density at radius 3 is 2.23 bits per heavy atom. The fourth-order valence-electron chi connectivity index (χ4n) is 1.45. The van der Waals surface area contributed by atoms with E-state index >= 15 is 0 Å². The molecule has 76 valence electrons. The van der Waals surface area contributed by atoms with E-state index in [1.54, 1.807) is 23.9 Å². The SMILES string of the molecule is CC(C)C1(N)CN(C(=O)N(C)C)C1. The number of likely N-dealkylation sites (tertiary alicyclic amines) is 1. The lowest BCUT2D eigenvalue weighted by Crippen LogP contribution is -2.72. The number of hydrogen-bond donors (Lipinski definition) is 1. The first-order valence-electron chi connectivity index (χ1n) is 4.62. The minimum Gasteiger partial charge on any atom is -0.331 e. The minimum atomic E-state index is -0.161. The van der Waals surface area contributed by atoms with Gasteiger partial charge in [-0.2, -0.15) is 0 Å². The van der Waals surface area contributed by atoms with E-state index in [0.717, 1.165) is 0 Å². The van der Waals surface area contributed by atoms with Gasteiger partial charge >= 0.3 is 6.03 Å². The summed E-state index contributed by atoms with van der Waals surface area (Å²) in [6.45, 7) is 5.55. The van der Waals surface area contributed by atoms with Gasteiger partial charge in [-0.25, -0.2) is 4.79 Å². The lowest BCUT2D eigenvalue weighted by atomic mass is 9.80. The number of carbonyl (C=O) groups excluding carboxylic acids is 1. The van der Waals surface area contributed by atoms with Gasteiger partial charge in [0.1, 0.15) is 0 Å². The first-order valence-corrected chi connectivity index (χ1v) is 4.62. The van der Waals surface area contributed by atoms with Gasteiger partial charge < -0.3 is 15.5 Å². The van der Waals surface area contributed by atoms with Crippen molar-refractivity contribution in [3.63, 3.8) is 0 Å². The third-order valence-corrected chi connectivity index (χ3v) is 2.77. The van der Waals surface area contributed by atoms with Crippen molar-refractivity contribution in [2.24, 2.45) is 11.7 Å². The molecule has 13 heavy (non-hydrogen) atoms. The molecule has 1 saturated heterocycles. The molecule has 0 radical (unpaired) electrons. The number of rotatable bonds is 1. The van der Waals surface area contributed by atoms with Crippen LogP contribution >= 0.6 is 0 Å². The molecule has 1 fully saturated rings. The van der Waals surface area contributed by atoms with E-state index in [1.807, 2.05) is 0 Å². The Labute approximate surface area is 79.7 Å². The van der Waals surface area contributed by atoms with Crippen LogP contribution < -0.4 is 5.73 Å². The minimum absolute atomic E-state index is 0.0572. The molecule has 2 N–H and O–H groups in total. The summed E-state index contributed by atoms with van der Waals surface area (Å²) in [5.74, 6) is 0.429. The molecule has 1 heterocycles. The molecule has 1 rings (SSSR count). The van der Waals surface area contributed by atoms with Crippen LogP contribution in [-0.4, -0.2) is 48.6 Å². The van der Waals surface area contributed by atoms with Crippen LogP contribution in [0.25, 0.3) is 0 Å². The molecule has 0 spiro atoms. The fraction of sp³-hybridized carbons (Fsp3) is 0.889. The Morgan fingerprint density at radius 1 is 1.46 bits per heavy atom. The zero-order chi connectivity index (χ0) is 10.2. The second-order valence-electron chi connectivity index (χ2n) is 4.42. The molecule has 0 aromatic heterocycles. The topological polar surface area (TPSA) is 49.6 Å². The Morgan fingerprint density at radius 2 is 1.92 bits per heavy atom. The molecular formula is C9H19N3O. The molecule has 1 aliphatic rings. The van der Waals surface area contributed by atoms with Gasteiger partial charge in [0.2, 0.25) is 0 Å². The highest BCUT2D eigenvalue weighted by atomic mass is 16.2. The van der Waals surface area contributed by atoms with Gasteiger partial charge in [-0.15, -0.1) is 0 Å². The van der Waals surface area contributed by atoms with Crippen LogP contribution in [0.15, 0.2) is 0 Å². The third-order valence-electron chi connectivity index (χ3n) is 2.77. The molecule has 0 aromatic carbocycles. The van der Waals surface area contributed by atoms with Crippen LogP contribution in [0.2, 0.25) is 0 Å². The van der Waals surface area contributed by atoms with Gasteiger partial charge in [0.25, 0.3) is 0 Å². The standard InChI is InChI=1S/C9H19N3O/c1-7(2)9(10)5-12(6-9)8(13)11(3)4/h7H,5-6,10H2,1-4H3. The maximum absolute atomic E-state index is 11.4. The maximum Gasteiger partial charge on any atom is 0.319 e. The molecular weight excluding hydrogens is 166 g/mol. The van der Waals surface area contributed by atoms with E-state index in [1.165, 1.54) is 0 Å². The van der Waals surface area contributed by atoms with Gasteiger partial charge in [0.15, 0.2) is 0 Å². The summed E-state index contributed by atoms with van der Waals surface area (Å²) in [6, 6.07) is 0.0572. The normalized spacial score (nSPS) is 20.0. The van der Waals surface area contributed by atoms with Crippen molar-refractivity contribution in [3.8, 4) is 0 Å². The molecule has 0 bridgehead atoms. The van der Waals surface area contributed by atoms with E-state index in [4.69, 9.17) is 5.73 Å². The molecule has 0 aliphatic carbocycles. The molecule has 0 atom stereocenters. The number of carbonyl (C=O) groups is 1. The summed E-state index contributed by atoms with van der Waals surface area (Å²) in [5, 5.41) is 0. The van der Waals surface area contributed by atoms with E-state index in [-0.39, 0.29) is 11.6 Å². The Bertz CT molecular complexity index is 207. The summed E-state index contributed by atoms with van der Waals surface area (Å²) in [7, 11) is 3.52. The molecule has 2 amide bonds. The van der Waals surface area contributed by atoms with Crippen LogP contribution in [-0.2, 0) is 0 Å². The molecule has 0 aromatic rings. The Balaban J connectivity index is 2.45. The number of nitrogens with two attached hydrogens (primary N) is 1. The first kappa shape index (κ1) is 10.3. The zero-order valence-electron chi connectivity index (χ0n) is 8.87. The number of nitrogens with zero attached hydrogens (tertiary/aromatic N) is 2. The van der Waals surface area contributed by atoms with Crippen molar-refractivity contribution < 1.29 is 4.79 Å². The van der Waals surface area contributed by atoms with Crippen LogP contribution in [0, 0.1) is 5.92 Å². The van der Waals surface area contributed by atoms with Crippen molar-refractivity contribution in [2.45, 2.75) is 19.4 Å². The van der Waals surface area contributed by atoms with Gasteiger partial charge in [0, 0.05) is 27.2 Å². The average molecular weight is 185 g/mol. The van der Waals surface area contributed by atoms with E-state index in [9.17, 15) is 4.79 Å². The van der Waals surface area contributed by atoms with Crippen molar-refractivity contribution in [3.05, 3.63) is 0 Å². The van der Waals surface area contributed by atoms with Crippen molar-refractivity contribution >= 4 is 6.03 Å². The lowest BCUT2D eigenvalue weighted by Gasteiger charge is -2.50. The van der Waals surface area contributed by atoms with Gasteiger partial charge in [-0.05, 0) is 5.92 Å². The second kappa shape index (κ2) is 3.18. The third kappa shape index (κ3) is 1.77. The first-order chi connectivity index (χ1) is 5.87. The van der Waals surface area contributed by atoms with Crippen molar-refractivity contribution in [1.82, 2.24) is 9.80 Å². The lowest BCUT2D eigenvalue weighted by molar-refractivity contribution is 0.0536. The van der Waals surface area contributed by atoms with E-state index < -0.39 is 0 Å². The largest absolute Gasteiger partial charge is 0.331 e. The predicted molar refractivity (Wildman–Crippen MR) is 52.4 cm³/mol. The Kier molecular flexibility index (Phi) is 2.52. The molecule has 1 aliphatic heterocycles. The highest BCUT2D eigenvalue weighted by molar-refractivity contribution is 5.75. The smallest absolute Gasteiger partial charge is 0.319 e. The van der Waals surface area contributed by atoms with Crippen molar-refractivity contribution in [2.75, 3.05) is 27.2 Å². The van der Waals surface area contributed by atoms with Crippen LogP contribution in [0.4, 0.5) is 4.79 Å². The van der Waals surface area contributed by atoms with Gasteiger partial charge in [0.05, 0.1) is 5.54 Å². The van der Waals surface area contributed by atoms with Crippen LogP contribution in [0.3, 0.4) is 0 Å². The second-order valence-corrected chi connectivity index (χ2v) is 4.42. The van der Waals surface area contributed by atoms with Gasteiger partial charge in [-0.1, -0.05) is 13.8 Å². The predicted octanol–water partition coefficient (Wildman–Crippen LogP) is 0.337. The molecule has 0 unspecified atom stereocenters.